The number of hydrogen-bond donors (Lipinski definition) is 3. The second kappa shape index (κ2) is 8.85. The molecule has 0 saturated carbocycles. The zero-order chi connectivity index (χ0) is 26.3. The van der Waals surface area contributed by atoms with E-state index in [-0.39, 0.29) is 17.5 Å². The number of anilines is 4. The molecule has 0 fully saturated rings. The molecule has 5 aromatic rings. The van der Waals surface area contributed by atoms with Crippen LogP contribution in [0.15, 0.2) is 54.9 Å². The van der Waals surface area contributed by atoms with Crippen LogP contribution < -0.4 is 16.4 Å². The lowest BCUT2D eigenvalue weighted by Gasteiger charge is -2.13. The molecule has 4 N–H and O–H groups in total. The molecule has 0 aliphatic carbocycles. The van der Waals surface area contributed by atoms with Crippen molar-refractivity contribution in [1.82, 2.24) is 34.3 Å². The van der Waals surface area contributed by atoms with Gasteiger partial charge in [0.25, 0.3) is 0 Å². The molecular formula is C22H16F4N10O. The average Bonchev–Trinajstić information content (AvgIpc) is 3.42. The van der Waals surface area contributed by atoms with Gasteiger partial charge in [0.15, 0.2) is 17.3 Å². The Kier molecular flexibility index (Phi) is 5.66. The predicted octanol–water partition coefficient (Wildman–Crippen LogP) is 4.26. The molecule has 1 aromatic carbocycles. The Labute approximate surface area is 205 Å². The number of carbonyl (C=O) groups excluding carboxylic acids is 1. The van der Waals surface area contributed by atoms with Gasteiger partial charge in [-0.1, -0.05) is 0 Å². The minimum atomic E-state index is -4.80. The van der Waals surface area contributed by atoms with Gasteiger partial charge in [0.05, 0.1) is 16.9 Å². The van der Waals surface area contributed by atoms with Crippen LogP contribution in [0.5, 0.6) is 0 Å². The molecular weight excluding hydrogens is 496 g/mol. The Morgan fingerprint density at radius 2 is 1.89 bits per heavy atom. The van der Waals surface area contributed by atoms with Crippen molar-refractivity contribution in [3.63, 3.8) is 0 Å². The summed E-state index contributed by atoms with van der Waals surface area (Å²) in [4.78, 5) is 25.5. The summed E-state index contributed by atoms with van der Waals surface area (Å²) in [5.74, 6) is 0.110. The lowest BCUT2D eigenvalue weighted by molar-refractivity contribution is -0.136. The summed E-state index contributed by atoms with van der Waals surface area (Å²) < 4.78 is 55.6. The summed E-state index contributed by atoms with van der Waals surface area (Å²) in [7, 11) is 0. The van der Waals surface area contributed by atoms with Gasteiger partial charge in [-0.15, -0.1) is 5.10 Å². The zero-order valence-corrected chi connectivity index (χ0v) is 18.8. The topological polar surface area (TPSA) is 141 Å². The molecule has 11 nitrogen and oxygen atoms in total. The number of alkyl halides is 3. The zero-order valence-electron chi connectivity index (χ0n) is 18.8. The highest BCUT2D eigenvalue weighted by atomic mass is 19.4. The van der Waals surface area contributed by atoms with Crippen molar-refractivity contribution < 1.29 is 22.4 Å². The number of nitrogens with one attached hydrogen (secondary N) is 2. The van der Waals surface area contributed by atoms with Crippen LogP contribution in [-0.2, 0) is 6.18 Å². The Hall–Kier alpha value is -5.08. The maximum absolute atomic E-state index is 13.6. The van der Waals surface area contributed by atoms with Crippen molar-refractivity contribution in [2.24, 2.45) is 0 Å². The molecule has 0 unspecified atom stereocenters. The van der Waals surface area contributed by atoms with Crippen LogP contribution in [-0.4, -0.2) is 40.4 Å². The smallest absolute Gasteiger partial charge is 0.384 e. The maximum atomic E-state index is 13.6. The monoisotopic (exact) mass is 512 g/mol. The minimum absolute atomic E-state index is 0.133. The van der Waals surface area contributed by atoms with Crippen molar-refractivity contribution in [2.75, 3.05) is 16.4 Å². The normalized spacial score (nSPS) is 11.6. The lowest BCUT2D eigenvalue weighted by atomic mass is 10.1. The molecule has 4 heterocycles. The number of nitrogen functional groups attached to an aromatic ring is 1. The molecule has 188 valence electrons. The molecule has 0 aliphatic rings. The van der Waals surface area contributed by atoms with Gasteiger partial charge >= 0.3 is 12.2 Å². The number of aryl methyl sites for hydroxylation is 1. The fraction of sp³-hybridized carbons (Fsp3) is 0.0909. The van der Waals surface area contributed by atoms with E-state index in [0.717, 1.165) is 4.68 Å². The van der Waals surface area contributed by atoms with Gasteiger partial charge in [0.1, 0.15) is 23.2 Å². The molecule has 1 amide bonds. The van der Waals surface area contributed by atoms with E-state index < -0.39 is 29.3 Å². The van der Waals surface area contributed by atoms with Crippen molar-refractivity contribution in [1.29, 1.82) is 0 Å². The predicted molar refractivity (Wildman–Crippen MR) is 124 cm³/mol. The van der Waals surface area contributed by atoms with Gasteiger partial charge in [0, 0.05) is 24.5 Å². The van der Waals surface area contributed by atoms with Crippen LogP contribution in [0.25, 0.3) is 17.0 Å². The first-order chi connectivity index (χ1) is 17.6. The first-order valence-corrected chi connectivity index (χ1v) is 10.5. The molecule has 0 aliphatic heterocycles. The molecule has 37 heavy (non-hydrogen) atoms. The number of amides is 1. The van der Waals surface area contributed by atoms with E-state index in [4.69, 9.17) is 5.73 Å². The Balaban J connectivity index is 1.46. The van der Waals surface area contributed by atoms with Gasteiger partial charge < -0.3 is 16.4 Å². The second-order valence-corrected chi connectivity index (χ2v) is 7.72. The van der Waals surface area contributed by atoms with E-state index in [9.17, 15) is 22.4 Å². The van der Waals surface area contributed by atoms with E-state index in [2.05, 4.69) is 30.5 Å². The van der Waals surface area contributed by atoms with Crippen LogP contribution in [0.3, 0.4) is 0 Å². The third-order valence-corrected chi connectivity index (χ3v) is 5.07. The highest BCUT2D eigenvalue weighted by Gasteiger charge is 2.34. The average molecular weight is 512 g/mol. The quantitative estimate of drug-likeness (QED) is 0.304. The van der Waals surface area contributed by atoms with Crippen LogP contribution >= 0.6 is 0 Å². The standard InChI is InChI=1S/C22H16F4N10O/c1-11-29-15(10-16(27)30-11)19-20(33-18-3-2-7-28-36(18)19)32-17-6-8-35(34-17)21(37)31-14-9-12(23)4-5-13(14)22(24,25)26/h2-10H,1H3,(H,31,37)(H,32,34)(H2,27,29,30). The number of nitrogens with zero attached hydrogens (tertiary/aromatic N) is 7. The van der Waals surface area contributed by atoms with Crippen molar-refractivity contribution in [3.8, 4) is 11.4 Å². The van der Waals surface area contributed by atoms with Crippen LogP contribution in [0, 0.1) is 12.7 Å². The molecule has 0 spiro atoms. The highest BCUT2D eigenvalue weighted by molar-refractivity contribution is 5.91. The van der Waals surface area contributed by atoms with Gasteiger partial charge in [-0.05, 0) is 37.3 Å². The molecule has 0 saturated heterocycles. The molecule has 5 rings (SSSR count). The third kappa shape index (κ3) is 4.73. The van der Waals surface area contributed by atoms with E-state index in [1.165, 1.54) is 16.8 Å². The number of fused-ring (bicyclic) bond motifs is 1. The third-order valence-electron chi connectivity index (χ3n) is 5.07. The SMILES string of the molecule is Cc1nc(N)cc(-c2c(Nc3ccn(C(=O)Nc4cc(F)ccc4C(F)(F)F)n3)nc3cccnn23)n1. The van der Waals surface area contributed by atoms with E-state index in [1.807, 2.05) is 5.32 Å². The van der Waals surface area contributed by atoms with Crippen LogP contribution in [0.2, 0.25) is 0 Å². The van der Waals surface area contributed by atoms with Gasteiger partial charge in [-0.2, -0.15) is 23.0 Å². The Bertz CT molecular complexity index is 1620. The molecule has 0 bridgehead atoms. The van der Waals surface area contributed by atoms with E-state index >= 15 is 0 Å². The number of halogens is 4. The van der Waals surface area contributed by atoms with Crippen LogP contribution in [0.1, 0.15) is 11.4 Å². The van der Waals surface area contributed by atoms with Crippen LogP contribution in [0.4, 0.5) is 45.5 Å². The number of rotatable bonds is 4. The largest absolute Gasteiger partial charge is 0.418 e. The number of nitrogens with two attached hydrogens (primary N) is 1. The van der Waals surface area contributed by atoms with Gasteiger partial charge in [-0.25, -0.2) is 28.7 Å². The summed E-state index contributed by atoms with van der Waals surface area (Å²) in [6, 6.07) is 7.08. The van der Waals surface area contributed by atoms with Crippen molar-refractivity contribution in [3.05, 3.63) is 72.1 Å². The first-order valence-electron chi connectivity index (χ1n) is 10.5. The van der Waals surface area contributed by atoms with E-state index in [0.29, 0.717) is 41.1 Å². The number of aromatic nitrogens is 7. The number of hydrogen-bond acceptors (Lipinski definition) is 8. The first kappa shape index (κ1) is 23.7. The van der Waals surface area contributed by atoms with Gasteiger partial charge in [-0.3, -0.25) is 0 Å². The minimum Gasteiger partial charge on any atom is -0.384 e. The summed E-state index contributed by atoms with van der Waals surface area (Å²) in [5, 5.41) is 13.3. The number of benzene rings is 1. The summed E-state index contributed by atoms with van der Waals surface area (Å²) >= 11 is 0. The molecule has 15 heteroatoms. The Morgan fingerprint density at radius 1 is 1.08 bits per heavy atom. The van der Waals surface area contributed by atoms with Crippen molar-refractivity contribution in [2.45, 2.75) is 13.1 Å². The maximum Gasteiger partial charge on any atom is 0.418 e. The lowest BCUT2D eigenvalue weighted by Crippen LogP contribution is -2.22. The van der Waals surface area contributed by atoms with Crippen molar-refractivity contribution >= 4 is 34.8 Å². The summed E-state index contributed by atoms with van der Waals surface area (Å²) in [5.41, 5.74) is 5.26. The second-order valence-electron chi connectivity index (χ2n) is 7.72. The fourth-order valence-electron chi connectivity index (χ4n) is 3.58. The fourth-order valence-corrected chi connectivity index (χ4v) is 3.58. The van der Waals surface area contributed by atoms with Gasteiger partial charge in [0.2, 0.25) is 0 Å². The highest BCUT2D eigenvalue weighted by Crippen LogP contribution is 2.35. The number of imidazole rings is 1. The number of carbonyl (C=O) groups is 1. The molecule has 0 atom stereocenters. The summed E-state index contributed by atoms with van der Waals surface area (Å²) in [6.07, 6.45) is -2.03. The molecule has 0 radical (unpaired) electrons. The summed E-state index contributed by atoms with van der Waals surface area (Å²) in [6.45, 7) is 1.67. The molecule has 4 aromatic heterocycles. The Morgan fingerprint density at radius 3 is 2.65 bits per heavy atom. The van der Waals surface area contributed by atoms with E-state index in [1.54, 1.807) is 31.3 Å².